The molecule has 1 aliphatic heterocycles. The lowest BCUT2D eigenvalue weighted by molar-refractivity contribution is 0.186. The van der Waals surface area contributed by atoms with Gasteiger partial charge in [-0.3, -0.25) is 4.79 Å². The highest BCUT2D eigenvalue weighted by molar-refractivity contribution is 6.30. The van der Waals surface area contributed by atoms with Crippen LogP contribution in [-0.2, 0) is 4.74 Å². The van der Waals surface area contributed by atoms with E-state index in [2.05, 4.69) is 4.98 Å². The Hall–Kier alpha value is -2.31. The predicted octanol–water partition coefficient (Wildman–Crippen LogP) is 3.96. The maximum atomic E-state index is 14.2. The summed E-state index contributed by atoms with van der Waals surface area (Å²) in [5.41, 5.74) is -0.286. The topological polar surface area (TPSA) is 44.1 Å². The van der Waals surface area contributed by atoms with Gasteiger partial charge in [0.05, 0.1) is 29.3 Å². The van der Waals surface area contributed by atoms with Gasteiger partial charge in [0.2, 0.25) is 0 Å². The Morgan fingerprint density at radius 3 is 2.68 bits per heavy atom. The molecular weight excluding hydrogens is 350 g/mol. The van der Waals surface area contributed by atoms with Crippen molar-refractivity contribution in [1.82, 2.24) is 9.55 Å². The van der Waals surface area contributed by atoms with Crippen LogP contribution in [0, 0.1) is 11.6 Å². The molecule has 1 saturated heterocycles. The third-order valence-corrected chi connectivity index (χ3v) is 4.60. The lowest BCUT2D eigenvalue weighted by atomic mass is 10.0. The second-order valence-electron chi connectivity index (χ2n) is 5.91. The summed E-state index contributed by atoms with van der Waals surface area (Å²) in [4.78, 5) is 17.1. The van der Waals surface area contributed by atoms with Crippen LogP contribution in [0.2, 0.25) is 5.15 Å². The highest BCUT2D eigenvalue weighted by Gasteiger charge is 2.24. The van der Waals surface area contributed by atoms with Crippen molar-refractivity contribution in [2.24, 2.45) is 0 Å². The SMILES string of the molecule is O=c1c(-c2c(F)cccc2F)cc2cnc(Cl)cc2n1C1CCOC1. The van der Waals surface area contributed by atoms with E-state index in [9.17, 15) is 13.6 Å². The third-order valence-electron chi connectivity index (χ3n) is 4.39. The van der Waals surface area contributed by atoms with Crippen molar-refractivity contribution >= 4 is 22.5 Å². The smallest absolute Gasteiger partial charge is 0.259 e. The van der Waals surface area contributed by atoms with Crippen molar-refractivity contribution in [1.29, 1.82) is 0 Å². The summed E-state index contributed by atoms with van der Waals surface area (Å²) in [6.07, 6.45) is 2.13. The van der Waals surface area contributed by atoms with E-state index in [-0.39, 0.29) is 22.3 Å². The fourth-order valence-electron chi connectivity index (χ4n) is 3.23. The number of hydrogen-bond acceptors (Lipinski definition) is 3. The number of aromatic nitrogens is 2. The zero-order chi connectivity index (χ0) is 17.6. The summed E-state index contributed by atoms with van der Waals surface area (Å²) in [7, 11) is 0. The molecule has 0 aliphatic carbocycles. The maximum absolute atomic E-state index is 14.2. The van der Waals surface area contributed by atoms with Crippen LogP contribution < -0.4 is 5.56 Å². The van der Waals surface area contributed by atoms with Crippen molar-refractivity contribution < 1.29 is 13.5 Å². The minimum atomic E-state index is -0.785. The standard InChI is InChI=1S/C18H13ClF2N2O2/c19-16-7-15-10(8-22-16)6-12(17-13(20)2-1-3-14(17)21)18(24)23(15)11-4-5-25-9-11/h1-3,6-8,11H,4-5,9H2. The minimum absolute atomic E-state index is 0.0425. The number of nitrogens with zero attached hydrogens (tertiary/aromatic N) is 2. The van der Waals surface area contributed by atoms with Crippen LogP contribution in [0.1, 0.15) is 12.5 Å². The Balaban J connectivity index is 2.09. The second-order valence-corrected chi connectivity index (χ2v) is 6.30. The molecular formula is C18H13ClF2N2O2. The van der Waals surface area contributed by atoms with E-state index >= 15 is 0 Å². The molecule has 25 heavy (non-hydrogen) atoms. The van der Waals surface area contributed by atoms with Crippen molar-refractivity contribution in [2.45, 2.75) is 12.5 Å². The average molecular weight is 363 g/mol. The molecule has 1 aromatic carbocycles. The summed E-state index contributed by atoms with van der Waals surface area (Å²) in [5.74, 6) is -1.57. The molecule has 0 saturated carbocycles. The fraction of sp³-hybridized carbons (Fsp3) is 0.222. The molecule has 4 rings (SSSR count). The van der Waals surface area contributed by atoms with Crippen LogP contribution in [0.3, 0.4) is 0 Å². The first-order valence-corrected chi connectivity index (χ1v) is 8.17. The van der Waals surface area contributed by atoms with Gasteiger partial charge in [0, 0.05) is 18.2 Å². The average Bonchev–Trinajstić information content (AvgIpc) is 3.09. The van der Waals surface area contributed by atoms with E-state index in [1.54, 1.807) is 6.07 Å². The van der Waals surface area contributed by atoms with E-state index < -0.39 is 17.2 Å². The molecule has 0 radical (unpaired) electrons. The Morgan fingerprint density at radius 1 is 1.24 bits per heavy atom. The van der Waals surface area contributed by atoms with Crippen LogP contribution in [0.5, 0.6) is 0 Å². The molecule has 3 aromatic rings. The van der Waals surface area contributed by atoms with Gasteiger partial charge in [0.1, 0.15) is 16.8 Å². The van der Waals surface area contributed by atoms with Crippen LogP contribution in [-0.4, -0.2) is 22.8 Å². The highest BCUT2D eigenvalue weighted by Crippen LogP contribution is 2.29. The molecule has 4 nitrogen and oxygen atoms in total. The van der Waals surface area contributed by atoms with Crippen molar-refractivity contribution in [3.63, 3.8) is 0 Å². The number of fused-ring (bicyclic) bond motifs is 1. The van der Waals surface area contributed by atoms with E-state index in [1.807, 2.05) is 0 Å². The number of rotatable bonds is 2. The van der Waals surface area contributed by atoms with Gasteiger partial charge in [-0.1, -0.05) is 17.7 Å². The Bertz CT molecular complexity index is 1010. The van der Waals surface area contributed by atoms with Crippen molar-refractivity contribution in [3.05, 3.63) is 63.7 Å². The van der Waals surface area contributed by atoms with Gasteiger partial charge in [-0.15, -0.1) is 0 Å². The molecule has 1 fully saturated rings. The first kappa shape index (κ1) is 16.2. The van der Waals surface area contributed by atoms with Gasteiger partial charge in [-0.2, -0.15) is 0 Å². The van der Waals surface area contributed by atoms with E-state index in [0.29, 0.717) is 30.5 Å². The molecule has 7 heteroatoms. The van der Waals surface area contributed by atoms with Crippen LogP contribution in [0.15, 0.2) is 41.3 Å². The van der Waals surface area contributed by atoms with Crippen molar-refractivity contribution in [2.75, 3.05) is 13.2 Å². The molecule has 3 heterocycles. The monoisotopic (exact) mass is 362 g/mol. The summed E-state index contributed by atoms with van der Waals surface area (Å²) >= 11 is 5.98. The molecule has 0 N–H and O–H groups in total. The largest absolute Gasteiger partial charge is 0.379 e. The maximum Gasteiger partial charge on any atom is 0.259 e. The second kappa shape index (κ2) is 6.20. The highest BCUT2D eigenvalue weighted by atomic mass is 35.5. The molecule has 0 amide bonds. The number of pyridine rings is 2. The Morgan fingerprint density at radius 2 is 2.00 bits per heavy atom. The lowest BCUT2D eigenvalue weighted by Crippen LogP contribution is -2.27. The summed E-state index contributed by atoms with van der Waals surface area (Å²) in [5, 5.41) is 0.818. The van der Waals surface area contributed by atoms with E-state index in [1.165, 1.54) is 22.9 Å². The molecule has 1 aliphatic rings. The first-order valence-electron chi connectivity index (χ1n) is 7.79. The number of halogens is 3. The van der Waals surface area contributed by atoms with Gasteiger partial charge in [-0.05, 0) is 30.7 Å². The molecule has 128 valence electrons. The number of benzene rings is 1. The minimum Gasteiger partial charge on any atom is -0.379 e. The zero-order valence-electron chi connectivity index (χ0n) is 13.0. The molecule has 1 unspecified atom stereocenters. The predicted molar refractivity (Wildman–Crippen MR) is 90.8 cm³/mol. The molecule has 0 spiro atoms. The molecule has 1 atom stereocenters. The summed E-state index contributed by atoms with van der Waals surface area (Å²) < 4.78 is 35.4. The van der Waals surface area contributed by atoms with Gasteiger partial charge in [0.25, 0.3) is 5.56 Å². The number of ether oxygens (including phenoxy) is 1. The third kappa shape index (κ3) is 2.71. The molecule has 2 aromatic heterocycles. The number of hydrogen-bond donors (Lipinski definition) is 0. The van der Waals surface area contributed by atoms with Gasteiger partial charge >= 0.3 is 0 Å². The first-order chi connectivity index (χ1) is 12.1. The normalized spacial score (nSPS) is 17.3. The quantitative estimate of drug-likeness (QED) is 0.648. The lowest BCUT2D eigenvalue weighted by Gasteiger charge is -2.18. The van der Waals surface area contributed by atoms with Crippen molar-refractivity contribution in [3.8, 4) is 11.1 Å². The van der Waals surface area contributed by atoms with Crippen LogP contribution in [0.4, 0.5) is 8.78 Å². The van der Waals surface area contributed by atoms with Gasteiger partial charge in [-0.25, -0.2) is 13.8 Å². The van der Waals surface area contributed by atoms with E-state index in [4.69, 9.17) is 16.3 Å². The molecule has 0 bridgehead atoms. The van der Waals surface area contributed by atoms with Crippen LogP contribution >= 0.6 is 11.6 Å². The van der Waals surface area contributed by atoms with E-state index in [0.717, 1.165) is 12.1 Å². The van der Waals surface area contributed by atoms with Gasteiger partial charge < -0.3 is 9.30 Å². The summed E-state index contributed by atoms with van der Waals surface area (Å²) in [6, 6.07) is 6.34. The zero-order valence-corrected chi connectivity index (χ0v) is 13.8. The fourth-order valence-corrected chi connectivity index (χ4v) is 3.38. The Kier molecular flexibility index (Phi) is 4.01. The van der Waals surface area contributed by atoms with Gasteiger partial charge in [0.15, 0.2) is 0 Å². The summed E-state index contributed by atoms with van der Waals surface area (Å²) in [6.45, 7) is 0.883. The Labute approximate surface area is 146 Å². The van der Waals surface area contributed by atoms with Crippen LogP contribution in [0.25, 0.3) is 22.0 Å².